The maximum atomic E-state index is 15.2. The van der Waals surface area contributed by atoms with Gasteiger partial charge in [0.2, 0.25) is 0 Å². The van der Waals surface area contributed by atoms with E-state index in [1.165, 1.54) is 6.07 Å². The third-order valence-corrected chi connectivity index (χ3v) is 5.88. The van der Waals surface area contributed by atoms with Gasteiger partial charge >= 0.3 is 5.97 Å². The van der Waals surface area contributed by atoms with Crippen LogP contribution in [0.2, 0.25) is 5.02 Å². The summed E-state index contributed by atoms with van der Waals surface area (Å²) in [6, 6.07) is 8.18. The molecule has 2 aromatic carbocycles. The van der Waals surface area contributed by atoms with E-state index >= 15 is 4.39 Å². The number of halogens is 2. The Hall–Kier alpha value is -2.70. The first kappa shape index (κ1) is 22.5. The third-order valence-electron chi connectivity index (χ3n) is 5.45. The van der Waals surface area contributed by atoms with Gasteiger partial charge in [-0.2, -0.15) is 0 Å². The molecule has 0 unspecified atom stereocenters. The summed E-state index contributed by atoms with van der Waals surface area (Å²) in [5.41, 5.74) is 2.17. The smallest absolute Gasteiger partial charge is 0.337 e. The molecule has 2 heterocycles. The lowest BCUT2D eigenvalue weighted by atomic mass is 9.89. The van der Waals surface area contributed by atoms with Crippen molar-refractivity contribution in [2.24, 2.45) is 0 Å². The van der Waals surface area contributed by atoms with Gasteiger partial charge in [0, 0.05) is 33.3 Å². The molecule has 7 heteroatoms. The van der Waals surface area contributed by atoms with Crippen LogP contribution in [0, 0.1) is 12.7 Å². The molecule has 3 aromatic rings. The van der Waals surface area contributed by atoms with Gasteiger partial charge in [0.05, 0.1) is 22.7 Å². The summed E-state index contributed by atoms with van der Waals surface area (Å²) in [7, 11) is 0. The van der Waals surface area contributed by atoms with Crippen molar-refractivity contribution >= 4 is 28.5 Å². The molecule has 168 valence electrons. The molecular formula is C25H25ClFNO4. The minimum Gasteiger partial charge on any atom is -0.493 e. The summed E-state index contributed by atoms with van der Waals surface area (Å²) in [5, 5.41) is 10.7. The zero-order valence-electron chi connectivity index (χ0n) is 18.5. The molecule has 0 bridgehead atoms. The third kappa shape index (κ3) is 4.05. The van der Waals surface area contributed by atoms with Crippen LogP contribution in [0.15, 0.2) is 30.3 Å². The Bertz CT molecular complexity index is 1220. The van der Waals surface area contributed by atoms with Crippen molar-refractivity contribution in [3.05, 3.63) is 58.0 Å². The molecule has 4 rings (SSSR count). The number of hydrogen-bond acceptors (Lipinski definition) is 4. The van der Waals surface area contributed by atoms with Gasteiger partial charge in [-0.1, -0.05) is 17.7 Å². The van der Waals surface area contributed by atoms with E-state index in [4.69, 9.17) is 21.1 Å². The second-order valence-electron chi connectivity index (χ2n) is 8.92. The van der Waals surface area contributed by atoms with Crippen LogP contribution in [0.4, 0.5) is 4.39 Å². The minimum atomic E-state index is -1.36. The molecule has 0 fully saturated rings. The van der Waals surface area contributed by atoms with Gasteiger partial charge < -0.3 is 14.6 Å². The molecule has 1 aliphatic heterocycles. The molecule has 0 amide bonds. The van der Waals surface area contributed by atoms with Crippen LogP contribution in [-0.4, -0.2) is 28.3 Å². The second kappa shape index (κ2) is 8.34. The molecular weight excluding hydrogens is 433 g/mol. The van der Waals surface area contributed by atoms with Crippen molar-refractivity contribution in [1.82, 2.24) is 4.98 Å². The fraction of sp³-hybridized carbons (Fsp3) is 0.360. The summed E-state index contributed by atoms with van der Waals surface area (Å²) in [6.07, 6.45) is 0.186. The fourth-order valence-corrected chi connectivity index (χ4v) is 4.54. The number of aryl methyl sites for hydroxylation is 1. The molecule has 1 atom stereocenters. The normalized spacial score (nSPS) is 14.7. The first-order valence-electron chi connectivity index (χ1n) is 10.5. The number of fused-ring (bicyclic) bond motifs is 2. The average Bonchev–Trinajstić information content (AvgIpc) is 2.71. The van der Waals surface area contributed by atoms with Gasteiger partial charge in [-0.25, -0.2) is 9.18 Å². The number of rotatable bonds is 4. The highest BCUT2D eigenvalue weighted by atomic mass is 35.5. The molecule has 0 radical (unpaired) electrons. The van der Waals surface area contributed by atoms with Crippen molar-refractivity contribution in [3.63, 3.8) is 0 Å². The average molecular weight is 458 g/mol. The topological polar surface area (TPSA) is 68.7 Å². The van der Waals surface area contributed by atoms with E-state index in [2.05, 4.69) is 4.98 Å². The summed E-state index contributed by atoms with van der Waals surface area (Å²) in [5.74, 6) is -0.988. The number of carboxylic acid groups (broad SMARTS) is 1. The molecule has 32 heavy (non-hydrogen) atoms. The van der Waals surface area contributed by atoms with E-state index in [1.54, 1.807) is 45.9 Å². The van der Waals surface area contributed by atoms with Gasteiger partial charge in [0.25, 0.3) is 0 Å². The Morgan fingerprint density at radius 1 is 1.28 bits per heavy atom. The summed E-state index contributed by atoms with van der Waals surface area (Å²) in [6.45, 7) is 7.64. The van der Waals surface area contributed by atoms with Crippen LogP contribution < -0.4 is 4.74 Å². The second-order valence-corrected chi connectivity index (χ2v) is 9.30. The van der Waals surface area contributed by atoms with E-state index in [9.17, 15) is 9.90 Å². The number of nitrogens with zero attached hydrogens (tertiary/aromatic N) is 1. The van der Waals surface area contributed by atoms with E-state index in [0.29, 0.717) is 45.3 Å². The van der Waals surface area contributed by atoms with Crippen molar-refractivity contribution in [1.29, 1.82) is 0 Å². The number of hydrogen-bond donors (Lipinski definition) is 1. The van der Waals surface area contributed by atoms with E-state index in [1.807, 2.05) is 6.07 Å². The largest absolute Gasteiger partial charge is 0.493 e. The molecule has 5 nitrogen and oxygen atoms in total. The zero-order chi connectivity index (χ0) is 23.2. The van der Waals surface area contributed by atoms with Gasteiger partial charge in [-0.3, -0.25) is 4.98 Å². The highest BCUT2D eigenvalue weighted by molar-refractivity contribution is 6.35. The fourth-order valence-electron chi connectivity index (χ4n) is 4.19. The van der Waals surface area contributed by atoms with Crippen LogP contribution in [-0.2, 0) is 16.0 Å². The predicted molar refractivity (Wildman–Crippen MR) is 122 cm³/mol. The Morgan fingerprint density at radius 3 is 2.72 bits per heavy atom. The summed E-state index contributed by atoms with van der Waals surface area (Å²) < 4.78 is 26.9. The van der Waals surface area contributed by atoms with Crippen LogP contribution in [0.25, 0.3) is 22.0 Å². The highest BCUT2D eigenvalue weighted by Gasteiger charge is 2.34. The van der Waals surface area contributed by atoms with Crippen molar-refractivity contribution < 1.29 is 23.8 Å². The summed E-state index contributed by atoms with van der Waals surface area (Å²) in [4.78, 5) is 16.9. The summed E-state index contributed by atoms with van der Waals surface area (Å²) >= 11 is 6.84. The predicted octanol–water partition coefficient (Wildman–Crippen LogP) is 6.27. The monoisotopic (exact) mass is 457 g/mol. The quantitative estimate of drug-likeness (QED) is 0.500. The van der Waals surface area contributed by atoms with Crippen molar-refractivity contribution in [2.45, 2.75) is 52.2 Å². The number of ether oxygens (including phenoxy) is 2. The van der Waals surface area contributed by atoms with Gasteiger partial charge in [0.1, 0.15) is 11.6 Å². The Kier molecular flexibility index (Phi) is 5.86. The molecule has 1 aliphatic rings. The molecule has 1 aromatic heterocycles. The van der Waals surface area contributed by atoms with E-state index in [-0.39, 0.29) is 5.39 Å². The van der Waals surface area contributed by atoms with Gasteiger partial charge in [-0.15, -0.1) is 0 Å². The highest BCUT2D eigenvalue weighted by Crippen LogP contribution is 2.45. The number of aliphatic carboxylic acids is 1. The van der Waals surface area contributed by atoms with Crippen molar-refractivity contribution in [2.75, 3.05) is 6.61 Å². The van der Waals surface area contributed by atoms with Crippen LogP contribution in [0.5, 0.6) is 5.75 Å². The SMILES string of the molecule is Cc1nc2cccc(F)c2c(-c2ccc3c(c2Cl)CCCO3)c1[C@H](OC(C)(C)C)C(=O)O. The Morgan fingerprint density at radius 2 is 2.03 bits per heavy atom. The van der Waals surface area contributed by atoms with Crippen LogP contribution in [0.1, 0.15) is 50.1 Å². The van der Waals surface area contributed by atoms with E-state index in [0.717, 1.165) is 18.4 Å². The number of aromatic nitrogens is 1. The first-order valence-corrected chi connectivity index (χ1v) is 10.9. The molecule has 1 N–H and O–H groups in total. The molecule has 0 aliphatic carbocycles. The maximum absolute atomic E-state index is 15.2. The molecule has 0 spiro atoms. The lowest BCUT2D eigenvalue weighted by Crippen LogP contribution is -2.28. The zero-order valence-corrected chi connectivity index (χ0v) is 19.2. The maximum Gasteiger partial charge on any atom is 0.337 e. The van der Waals surface area contributed by atoms with Crippen molar-refractivity contribution in [3.8, 4) is 16.9 Å². The lowest BCUT2D eigenvalue weighted by molar-refractivity contribution is -0.160. The number of carboxylic acids is 1. The first-order chi connectivity index (χ1) is 15.1. The minimum absolute atomic E-state index is 0.218. The Balaban J connectivity index is 2.11. The number of pyridine rings is 1. The van der Waals surface area contributed by atoms with Gasteiger partial charge in [-0.05, 0) is 64.8 Å². The Labute approximate surface area is 191 Å². The number of benzene rings is 2. The molecule has 0 saturated heterocycles. The lowest BCUT2D eigenvalue weighted by Gasteiger charge is -2.29. The van der Waals surface area contributed by atoms with Crippen LogP contribution in [0.3, 0.4) is 0 Å². The molecule has 0 saturated carbocycles. The van der Waals surface area contributed by atoms with Gasteiger partial charge in [0.15, 0.2) is 6.10 Å². The number of carbonyl (C=O) groups is 1. The van der Waals surface area contributed by atoms with E-state index < -0.39 is 23.5 Å². The van der Waals surface area contributed by atoms with Crippen LogP contribution >= 0.6 is 11.6 Å². The standard InChI is InChI=1S/C25H25ClFNO4/c1-13-19(23(24(29)30)32-25(2,3)4)20(21-16(27)8-5-9-17(21)28-13)15-10-11-18-14(22(15)26)7-6-12-31-18/h5,8-11,23H,6-7,12H2,1-4H3,(H,29,30)/t23-/m0/s1.